The van der Waals surface area contributed by atoms with E-state index in [0.717, 1.165) is 13.1 Å². The molecule has 1 unspecified atom stereocenters. The molecule has 1 aromatic heterocycles. The molecule has 2 rings (SSSR count). The van der Waals surface area contributed by atoms with Crippen LogP contribution in [-0.4, -0.2) is 29.1 Å². The first kappa shape index (κ1) is 11.6. The first-order valence-electron chi connectivity index (χ1n) is 5.57. The molecule has 4 heteroatoms. The van der Waals surface area contributed by atoms with E-state index in [2.05, 4.69) is 30.2 Å². The summed E-state index contributed by atoms with van der Waals surface area (Å²) in [7, 11) is 0. The van der Waals surface area contributed by atoms with E-state index in [9.17, 15) is 4.79 Å². The van der Waals surface area contributed by atoms with E-state index in [-0.39, 0.29) is 0 Å². The number of carboxylic acid groups (broad SMARTS) is 1. The molecule has 3 nitrogen and oxygen atoms in total. The van der Waals surface area contributed by atoms with Gasteiger partial charge in [0.2, 0.25) is 0 Å². The Morgan fingerprint density at radius 1 is 1.69 bits per heavy atom. The summed E-state index contributed by atoms with van der Waals surface area (Å²) in [5, 5.41) is 10.8. The van der Waals surface area contributed by atoms with E-state index < -0.39 is 5.97 Å². The zero-order chi connectivity index (χ0) is 11.7. The Balaban J connectivity index is 1.88. The van der Waals surface area contributed by atoms with E-state index in [1.807, 2.05) is 0 Å². The maximum atomic E-state index is 10.5. The Morgan fingerprint density at radius 3 is 2.88 bits per heavy atom. The minimum absolute atomic E-state index is 0.312. The lowest BCUT2D eigenvalue weighted by Crippen LogP contribution is -2.48. The Bertz CT molecular complexity index is 382. The SMILES string of the molecule is Cc1ccsc1C(C)N1CC(CC(=O)O)C1. The molecular formula is C12H17NO2S. The van der Waals surface area contributed by atoms with Crippen LogP contribution in [0.1, 0.15) is 29.8 Å². The van der Waals surface area contributed by atoms with Gasteiger partial charge in [-0.3, -0.25) is 9.69 Å². The fraction of sp³-hybridized carbons (Fsp3) is 0.583. The van der Waals surface area contributed by atoms with Crippen molar-refractivity contribution < 1.29 is 9.90 Å². The highest BCUT2D eigenvalue weighted by atomic mass is 32.1. The van der Waals surface area contributed by atoms with Crippen molar-refractivity contribution >= 4 is 17.3 Å². The second kappa shape index (κ2) is 4.55. The average molecular weight is 239 g/mol. The molecule has 1 aromatic rings. The van der Waals surface area contributed by atoms with Crippen molar-refractivity contribution in [2.75, 3.05) is 13.1 Å². The van der Waals surface area contributed by atoms with Gasteiger partial charge >= 0.3 is 5.97 Å². The monoisotopic (exact) mass is 239 g/mol. The van der Waals surface area contributed by atoms with Gasteiger partial charge in [-0.2, -0.15) is 0 Å². The van der Waals surface area contributed by atoms with Crippen molar-refractivity contribution in [2.45, 2.75) is 26.3 Å². The van der Waals surface area contributed by atoms with Crippen LogP contribution in [0.3, 0.4) is 0 Å². The predicted octanol–water partition coefficient (Wildman–Crippen LogP) is 2.52. The van der Waals surface area contributed by atoms with E-state index in [1.54, 1.807) is 11.3 Å². The summed E-state index contributed by atoms with van der Waals surface area (Å²) in [4.78, 5) is 14.3. The standard InChI is InChI=1S/C12H17NO2S/c1-8-3-4-16-12(8)9(2)13-6-10(7-13)5-11(14)15/h3-4,9-10H,5-7H2,1-2H3,(H,14,15). The number of thiophene rings is 1. The van der Waals surface area contributed by atoms with Gasteiger partial charge in [-0.15, -0.1) is 11.3 Å². The summed E-state index contributed by atoms with van der Waals surface area (Å²) in [5.74, 6) is -0.329. The van der Waals surface area contributed by atoms with Gasteiger partial charge in [0.1, 0.15) is 0 Å². The van der Waals surface area contributed by atoms with Gasteiger partial charge in [0.15, 0.2) is 0 Å². The Hall–Kier alpha value is -0.870. The maximum Gasteiger partial charge on any atom is 0.303 e. The molecule has 0 spiro atoms. The lowest BCUT2D eigenvalue weighted by Gasteiger charge is -2.42. The van der Waals surface area contributed by atoms with Gasteiger partial charge in [-0.1, -0.05) is 0 Å². The summed E-state index contributed by atoms with van der Waals surface area (Å²) >= 11 is 1.79. The third kappa shape index (κ3) is 2.28. The van der Waals surface area contributed by atoms with Crippen molar-refractivity contribution in [1.82, 2.24) is 4.90 Å². The summed E-state index contributed by atoms with van der Waals surface area (Å²) < 4.78 is 0. The Morgan fingerprint density at radius 2 is 2.38 bits per heavy atom. The Kier molecular flexibility index (Phi) is 3.30. The first-order chi connectivity index (χ1) is 7.58. The third-order valence-electron chi connectivity index (χ3n) is 3.28. The lowest BCUT2D eigenvalue weighted by atomic mass is 9.94. The number of carboxylic acids is 1. The highest BCUT2D eigenvalue weighted by Gasteiger charge is 2.32. The molecule has 88 valence electrons. The number of hydrogen-bond donors (Lipinski definition) is 1. The van der Waals surface area contributed by atoms with Gasteiger partial charge in [-0.05, 0) is 36.8 Å². The van der Waals surface area contributed by atoms with Gasteiger partial charge in [0.25, 0.3) is 0 Å². The quantitative estimate of drug-likeness (QED) is 0.877. The molecule has 16 heavy (non-hydrogen) atoms. The molecule has 1 aliphatic heterocycles. The van der Waals surface area contributed by atoms with Crippen molar-refractivity contribution in [3.63, 3.8) is 0 Å². The number of aryl methyl sites for hydroxylation is 1. The van der Waals surface area contributed by atoms with Crippen molar-refractivity contribution in [2.24, 2.45) is 5.92 Å². The van der Waals surface area contributed by atoms with Gasteiger partial charge < -0.3 is 5.11 Å². The fourth-order valence-electron chi connectivity index (χ4n) is 2.28. The second-order valence-electron chi connectivity index (χ2n) is 4.56. The molecule has 2 heterocycles. The molecule has 0 radical (unpaired) electrons. The first-order valence-corrected chi connectivity index (χ1v) is 6.45. The molecule has 0 saturated carbocycles. The van der Waals surface area contributed by atoms with Crippen LogP contribution in [0.4, 0.5) is 0 Å². The maximum absolute atomic E-state index is 10.5. The molecule has 0 amide bonds. The van der Waals surface area contributed by atoms with Gasteiger partial charge in [0.05, 0.1) is 6.42 Å². The zero-order valence-electron chi connectivity index (χ0n) is 9.64. The van der Waals surface area contributed by atoms with Crippen LogP contribution < -0.4 is 0 Å². The van der Waals surface area contributed by atoms with Crippen LogP contribution in [0, 0.1) is 12.8 Å². The molecule has 1 atom stereocenters. The molecular weight excluding hydrogens is 222 g/mol. The normalized spacial score (nSPS) is 19.4. The van der Waals surface area contributed by atoms with Crippen molar-refractivity contribution in [3.8, 4) is 0 Å². The molecule has 1 aliphatic rings. The highest BCUT2D eigenvalue weighted by Crippen LogP contribution is 2.33. The number of carbonyl (C=O) groups is 1. The number of rotatable bonds is 4. The smallest absolute Gasteiger partial charge is 0.303 e. The number of nitrogens with zero attached hydrogens (tertiary/aromatic N) is 1. The van der Waals surface area contributed by atoms with Gasteiger partial charge in [-0.25, -0.2) is 0 Å². The second-order valence-corrected chi connectivity index (χ2v) is 5.51. The molecule has 0 aliphatic carbocycles. The van der Waals surface area contributed by atoms with Gasteiger partial charge in [0, 0.05) is 24.0 Å². The lowest BCUT2D eigenvalue weighted by molar-refractivity contribution is -0.139. The van der Waals surface area contributed by atoms with Crippen LogP contribution in [0.5, 0.6) is 0 Å². The van der Waals surface area contributed by atoms with E-state index in [4.69, 9.17) is 5.11 Å². The summed E-state index contributed by atoms with van der Waals surface area (Å²) in [5.41, 5.74) is 1.35. The van der Waals surface area contributed by atoms with Crippen LogP contribution in [0.2, 0.25) is 0 Å². The minimum Gasteiger partial charge on any atom is -0.481 e. The summed E-state index contributed by atoms with van der Waals surface area (Å²) in [6.45, 7) is 6.18. The number of likely N-dealkylation sites (tertiary alicyclic amines) is 1. The largest absolute Gasteiger partial charge is 0.481 e. The average Bonchev–Trinajstić information content (AvgIpc) is 2.56. The van der Waals surface area contributed by atoms with E-state index in [1.165, 1.54) is 10.4 Å². The third-order valence-corrected chi connectivity index (χ3v) is 4.47. The number of hydrogen-bond acceptors (Lipinski definition) is 3. The van der Waals surface area contributed by atoms with Crippen molar-refractivity contribution in [3.05, 3.63) is 21.9 Å². The van der Waals surface area contributed by atoms with E-state index >= 15 is 0 Å². The molecule has 1 saturated heterocycles. The van der Waals surface area contributed by atoms with Crippen LogP contribution >= 0.6 is 11.3 Å². The molecule has 1 N–H and O–H groups in total. The van der Waals surface area contributed by atoms with Crippen LogP contribution in [-0.2, 0) is 4.79 Å². The minimum atomic E-state index is -0.676. The van der Waals surface area contributed by atoms with Crippen LogP contribution in [0.25, 0.3) is 0 Å². The Labute approximate surface area is 99.7 Å². The summed E-state index contributed by atoms with van der Waals surface area (Å²) in [6, 6.07) is 2.58. The predicted molar refractivity (Wildman–Crippen MR) is 64.8 cm³/mol. The molecule has 0 bridgehead atoms. The van der Waals surface area contributed by atoms with Crippen LogP contribution in [0.15, 0.2) is 11.4 Å². The summed E-state index contributed by atoms with van der Waals surface area (Å²) in [6.07, 6.45) is 0.312. The number of aliphatic carboxylic acids is 1. The molecule has 1 fully saturated rings. The highest BCUT2D eigenvalue weighted by molar-refractivity contribution is 7.10. The fourth-order valence-corrected chi connectivity index (χ4v) is 3.30. The zero-order valence-corrected chi connectivity index (χ0v) is 10.5. The topological polar surface area (TPSA) is 40.5 Å². The molecule has 0 aromatic carbocycles. The van der Waals surface area contributed by atoms with E-state index in [0.29, 0.717) is 18.4 Å². The van der Waals surface area contributed by atoms with Crippen molar-refractivity contribution in [1.29, 1.82) is 0 Å².